The number of rotatable bonds is 4. The van der Waals surface area contributed by atoms with E-state index in [9.17, 15) is 52.8 Å². The molecule has 0 aromatic heterocycles. The molecule has 8 nitrogen and oxygen atoms in total. The molecular weight excluding hydrogens is 689 g/mol. The van der Waals surface area contributed by atoms with Crippen molar-refractivity contribution in [2.45, 2.75) is 31.9 Å². The Kier molecular flexibility index (Phi) is 10.5. The molecule has 223 valence electrons. The fourth-order valence-corrected chi connectivity index (χ4v) is 6.14. The molecule has 0 unspecified atom stereocenters. The largest absolute Gasteiger partial charge is 2.00 e. The summed E-state index contributed by atoms with van der Waals surface area (Å²) in [6.07, 6.45) is -7.06. The summed E-state index contributed by atoms with van der Waals surface area (Å²) in [4.78, 5) is 22.5. The summed E-state index contributed by atoms with van der Waals surface area (Å²) in [5.74, 6) is -4.00. The fraction of sp³-hybridized carbons (Fsp3) is 0.182. The first kappa shape index (κ1) is 34.7. The molecule has 0 atom stereocenters. The third kappa shape index (κ3) is 9.27. The van der Waals surface area contributed by atoms with Gasteiger partial charge in [0.1, 0.15) is 0 Å². The van der Waals surface area contributed by atoms with Gasteiger partial charge in [-0.2, -0.15) is 26.3 Å². The molecule has 41 heavy (non-hydrogen) atoms. The van der Waals surface area contributed by atoms with Gasteiger partial charge in [0.05, 0.1) is 9.79 Å². The average Bonchev–Trinajstić information content (AvgIpc) is 3.38. The van der Waals surface area contributed by atoms with E-state index in [1.165, 1.54) is 36.4 Å². The van der Waals surface area contributed by atoms with Crippen LogP contribution in [0.25, 0.3) is 10.6 Å². The summed E-state index contributed by atoms with van der Waals surface area (Å²) >= 11 is 1.64. The van der Waals surface area contributed by atoms with Gasteiger partial charge in [-0.05, 0) is 46.2 Å². The van der Waals surface area contributed by atoms with Crippen LogP contribution in [-0.2, 0) is 46.0 Å². The van der Waals surface area contributed by atoms with Crippen molar-refractivity contribution in [3.8, 4) is 0 Å². The van der Waals surface area contributed by atoms with Crippen molar-refractivity contribution in [2.24, 2.45) is 0 Å². The van der Waals surface area contributed by atoms with E-state index in [0.29, 0.717) is 33.3 Å². The average molecular weight is 704 g/mol. The van der Waals surface area contributed by atoms with Crippen LogP contribution in [0.3, 0.4) is 0 Å². The minimum Gasteiger partial charge on any atom is -0.651 e. The Morgan fingerprint density at radius 2 is 1.00 bits per heavy atom. The number of sulfone groups is 2. The van der Waals surface area contributed by atoms with Gasteiger partial charge < -0.3 is 10.6 Å². The molecule has 19 heteroatoms. The van der Waals surface area contributed by atoms with Gasteiger partial charge in [0, 0.05) is 12.5 Å². The van der Waals surface area contributed by atoms with Crippen molar-refractivity contribution < 1.29 is 69.5 Å². The van der Waals surface area contributed by atoms with Crippen molar-refractivity contribution in [3.63, 3.8) is 0 Å². The summed E-state index contributed by atoms with van der Waals surface area (Å²) < 4.78 is 118. The third-order valence-corrected chi connectivity index (χ3v) is 8.83. The maximum absolute atomic E-state index is 12.1. The quantitative estimate of drug-likeness (QED) is 0.266. The van der Waals surface area contributed by atoms with E-state index in [4.69, 9.17) is 0 Å². The molecule has 2 aliphatic rings. The Morgan fingerprint density at radius 1 is 0.683 bits per heavy atom. The second-order valence-electron chi connectivity index (χ2n) is 7.92. The molecule has 2 aliphatic heterocycles. The Bertz CT molecular complexity index is 1550. The monoisotopic (exact) mass is 703 g/mol. The van der Waals surface area contributed by atoms with Crippen LogP contribution in [0.1, 0.15) is 0 Å². The zero-order valence-corrected chi connectivity index (χ0v) is 24.5. The van der Waals surface area contributed by atoms with Crippen LogP contribution in [0.15, 0.2) is 78.2 Å². The Balaban J connectivity index is 0.000000280. The zero-order chi connectivity index (χ0) is 30.3. The van der Waals surface area contributed by atoms with Crippen molar-refractivity contribution in [3.05, 3.63) is 69.2 Å². The van der Waals surface area contributed by atoms with E-state index in [1.807, 2.05) is 0 Å². The van der Waals surface area contributed by atoms with Crippen LogP contribution in [-0.4, -0.2) is 53.3 Å². The van der Waals surface area contributed by atoms with E-state index < -0.39 is 43.6 Å². The minimum absolute atomic E-state index is 0. The first-order valence-corrected chi connectivity index (χ1v) is 15.7. The molecule has 0 amide bonds. The molecule has 0 saturated heterocycles. The number of halogens is 6. The first-order valence-electron chi connectivity index (χ1n) is 10.3. The minimum atomic E-state index is -4.95. The summed E-state index contributed by atoms with van der Waals surface area (Å²) in [6.45, 7) is 0. The van der Waals surface area contributed by atoms with Crippen LogP contribution in [0.5, 0.6) is 0 Å². The number of carbonyl (C=O) groups excluding carboxylic acids is 2. The fourth-order valence-electron chi connectivity index (χ4n) is 2.82. The molecule has 0 N–H and O–H groups in total. The number of alkyl halides is 6. The molecule has 0 bridgehead atoms. The van der Waals surface area contributed by atoms with Crippen LogP contribution >= 0.6 is 23.5 Å². The Hall–Kier alpha value is -2.45. The normalized spacial score (nSPS) is 16.5. The van der Waals surface area contributed by atoms with E-state index in [2.05, 4.69) is 10.6 Å². The van der Waals surface area contributed by atoms with Crippen molar-refractivity contribution in [1.82, 2.24) is 0 Å². The number of carbonyl (C=O) groups is 2. The number of hydrogen-bond acceptors (Lipinski definition) is 8. The van der Waals surface area contributed by atoms with Crippen molar-refractivity contribution >= 4 is 66.1 Å². The summed E-state index contributed by atoms with van der Waals surface area (Å²) in [7, 11) is -6.82. The maximum atomic E-state index is 12.1. The van der Waals surface area contributed by atoms with Gasteiger partial charge in [-0.1, -0.05) is 22.2 Å². The molecule has 4 rings (SSSR count). The van der Waals surface area contributed by atoms with Gasteiger partial charge in [-0.3, -0.25) is 9.59 Å². The predicted octanol–water partition coefficient (Wildman–Crippen LogP) is 6.35. The van der Waals surface area contributed by atoms with Gasteiger partial charge in [-0.25, -0.2) is 16.8 Å². The number of fused-ring (bicyclic) bond motifs is 2. The first-order chi connectivity index (χ1) is 18.1. The van der Waals surface area contributed by atoms with E-state index in [0.717, 1.165) is 36.0 Å². The number of allylic oxidation sites excluding steroid dienone is 2. The van der Waals surface area contributed by atoms with Gasteiger partial charge in [-0.15, -0.1) is 34.9 Å². The van der Waals surface area contributed by atoms with E-state index in [-0.39, 0.29) is 36.6 Å². The van der Waals surface area contributed by atoms with Gasteiger partial charge >= 0.3 is 29.1 Å². The second kappa shape index (κ2) is 12.4. The number of benzene rings is 2. The standard InChI is InChI=1S/2C11H8F3NO3S2.Co/c2*1-20(17,18)6-2-3-7-8(4-6)19-10(15-7)5-9(16)11(12,13)14;/h2*2-5H,1H3,(H,15,16);/q;;+2/p-2. The number of thioether (sulfide) groups is 2. The van der Waals surface area contributed by atoms with Crippen molar-refractivity contribution in [2.75, 3.05) is 12.5 Å². The van der Waals surface area contributed by atoms with Crippen LogP contribution < -0.4 is 0 Å². The summed E-state index contributed by atoms with van der Waals surface area (Å²) in [5.41, 5.74) is 0.673. The molecule has 2 aromatic carbocycles. The van der Waals surface area contributed by atoms with E-state index in [1.54, 1.807) is 0 Å². The number of hydrogen-bond donors (Lipinski definition) is 0. The summed E-state index contributed by atoms with van der Waals surface area (Å²) in [5, 5.41) is 7.44. The Morgan fingerprint density at radius 3 is 1.27 bits per heavy atom. The predicted molar refractivity (Wildman–Crippen MR) is 135 cm³/mol. The van der Waals surface area contributed by atoms with Crippen LogP contribution in [0.2, 0.25) is 0 Å². The summed E-state index contributed by atoms with van der Waals surface area (Å²) in [6, 6.07) is 8.03. The topological polar surface area (TPSA) is 131 Å². The van der Waals surface area contributed by atoms with Gasteiger partial charge in [0.2, 0.25) is 0 Å². The van der Waals surface area contributed by atoms with E-state index >= 15 is 0 Å². The molecule has 0 saturated carbocycles. The van der Waals surface area contributed by atoms with Crippen LogP contribution in [0, 0.1) is 0 Å². The molecule has 2 heterocycles. The molecule has 0 spiro atoms. The second-order valence-corrected chi connectivity index (χ2v) is 14.1. The molecule has 2 aromatic rings. The number of nitrogens with zero attached hydrogens (tertiary/aromatic N) is 2. The molecule has 0 fully saturated rings. The van der Waals surface area contributed by atoms with Gasteiger partial charge in [0.15, 0.2) is 19.7 Å². The Labute approximate surface area is 248 Å². The third-order valence-electron chi connectivity index (χ3n) is 4.68. The molecular formula is C22H14CoF6N2O6S4. The van der Waals surface area contributed by atoms with Crippen molar-refractivity contribution in [1.29, 1.82) is 0 Å². The molecule has 1 radical (unpaired) electrons. The van der Waals surface area contributed by atoms with Gasteiger partial charge in [0.25, 0.3) is 11.6 Å². The number of ketones is 2. The maximum Gasteiger partial charge on any atom is 2.00 e. The SMILES string of the molecule is CS(=O)(=O)c1ccc2c(c1)S/C(=C/C(=O)C(F)(F)F)[N-]2.CS(=O)(=O)c1ccc2c(c1)S/C(=C/C(=O)C(F)(F)F)[N-]2.[Co+2]. The smallest absolute Gasteiger partial charge is 0.651 e. The van der Waals surface area contributed by atoms with Crippen LogP contribution in [0.4, 0.5) is 37.7 Å². The molecule has 0 aliphatic carbocycles. The zero-order valence-electron chi connectivity index (χ0n) is 20.2.